The normalized spacial score (nSPS) is 8.82. The van der Waals surface area contributed by atoms with Crippen molar-refractivity contribution in [1.29, 1.82) is 0 Å². The van der Waals surface area contributed by atoms with Gasteiger partial charge in [0.25, 0.3) is 5.97 Å². The summed E-state index contributed by atoms with van der Waals surface area (Å²) in [4.78, 5) is 11.1. The van der Waals surface area contributed by atoms with Gasteiger partial charge in [-0.25, -0.2) is 0 Å². The van der Waals surface area contributed by atoms with E-state index in [1.165, 1.54) is 0 Å². The number of hydrogen-bond donors (Lipinski definition) is 2. The van der Waals surface area contributed by atoms with Crippen molar-refractivity contribution in [1.82, 2.24) is 4.90 Å². The van der Waals surface area contributed by atoms with Gasteiger partial charge in [0.15, 0.2) is 0 Å². The summed E-state index contributed by atoms with van der Waals surface area (Å²) in [5, 5.41) is 7.42. The van der Waals surface area contributed by atoms with E-state index in [1.54, 1.807) is 0 Å². The highest BCUT2D eigenvalue weighted by Crippen LogP contribution is 1.76. The molecule has 0 aliphatic rings. The van der Waals surface area contributed by atoms with Crippen LogP contribution < -0.4 is 5.73 Å². The maximum Gasteiger partial charge on any atom is 0.300 e. The van der Waals surface area contributed by atoms with Gasteiger partial charge in [0.05, 0.1) is 0 Å². The van der Waals surface area contributed by atoms with E-state index in [-0.39, 0.29) is 0 Å². The van der Waals surface area contributed by atoms with Crippen molar-refractivity contribution in [3.05, 3.63) is 0 Å². The molecular weight excluding hydrogens is 144 g/mol. The highest BCUT2D eigenvalue weighted by molar-refractivity contribution is 5.62. The van der Waals surface area contributed by atoms with Crippen LogP contribution in [-0.2, 0) is 4.79 Å². The fourth-order valence-corrected chi connectivity index (χ4v) is 0.408. The maximum absolute atomic E-state index is 9.00. The third-order valence-electron chi connectivity index (χ3n) is 0.809. The van der Waals surface area contributed by atoms with E-state index < -0.39 is 5.97 Å². The lowest BCUT2D eigenvalue weighted by molar-refractivity contribution is -0.134. The van der Waals surface area contributed by atoms with E-state index >= 15 is 0 Å². The molecular formula is C7H18N2O2. The molecule has 0 aromatic carbocycles. The number of nitrogens with zero attached hydrogens (tertiary/aromatic N) is 1. The summed E-state index contributed by atoms with van der Waals surface area (Å²) in [6, 6.07) is 0. The Morgan fingerprint density at radius 2 is 1.91 bits per heavy atom. The molecule has 0 aromatic rings. The fraction of sp³-hybridized carbons (Fsp3) is 0.857. The summed E-state index contributed by atoms with van der Waals surface area (Å²) in [5.41, 5.74) is 5.25. The van der Waals surface area contributed by atoms with E-state index in [0.29, 0.717) is 0 Å². The zero-order valence-corrected chi connectivity index (χ0v) is 7.50. The van der Waals surface area contributed by atoms with Gasteiger partial charge in [0, 0.05) is 6.92 Å². The smallest absolute Gasteiger partial charge is 0.300 e. The molecule has 3 N–H and O–H groups in total. The van der Waals surface area contributed by atoms with Crippen LogP contribution in [0.15, 0.2) is 0 Å². The molecule has 0 fully saturated rings. The number of carbonyl (C=O) groups is 1. The fourth-order valence-electron chi connectivity index (χ4n) is 0.408. The molecule has 0 radical (unpaired) electrons. The van der Waals surface area contributed by atoms with Crippen LogP contribution in [0.3, 0.4) is 0 Å². The van der Waals surface area contributed by atoms with Crippen molar-refractivity contribution in [2.24, 2.45) is 5.73 Å². The zero-order chi connectivity index (χ0) is 9.28. The lowest BCUT2D eigenvalue weighted by Crippen LogP contribution is -2.16. The van der Waals surface area contributed by atoms with Crippen molar-refractivity contribution < 1.29 is 9.90 Å². The molecule has 0 saturated heterocycles. The predicted octanol–water partition coefficient (Wildman–Crippen LogP) is -0.0123. The van der Waals surface area contributed by atoms with Gasteiger partial charge in [0.2, 0.25) is 0 Å². The number of carboxylic acids is 1. The maximum atomic E-state index is 9.00. The van der Waals surface area contributed by atoms with E-state index in [9.17, 15) is 0 Å². The third kappa shape index (κ3) is 44.6. The van der Waals surface area contributed by atoms with E-state index in [4.69, 9.17) is 15.6 Å². The lowest BCUT2D eigenvalue weighted by atomic mass is 10.4. The minimum atomic E-state index is -0.833. The minimum Gasteiger partial charge on any atom is -0.481 e. The molecule has 0 bridgehead atoms. The summed E-state index contributed by atoms with van der Waals surface area (Å²) in [6.45, 7) is 2.99. The van der Waals surface area contributed by atoms with Crippen LogP contribution in [0, 0.1) is 0 Å². The van der Waals surface area contributed by atoms with Crippen LogP contribution in [0.4, 0.5) is 0 Å². The first kappa shape index (κ1) is 13.0. The Hall–Kier alpha value is -0.610. The Morgan fingerprint density at radius 3 is 2.00 bits per heavy atom. The Morgan fingerprint density at radius 1 is 1.55 bits per heavy atom. The largest absolute Gasteiger partial charge is 0.481 e. The van der Waals surface area contributed by atoms with Gasteiger partial charge < -0.3 is 15.7 Å². The number of carboxylic acid groups (broad SMARTS) is 1. The second-order valence-electron chi connectivity index (χ2n) is 2.46. The van der Waals surface area contributed by atoms with Crippen LogP contribution >= 0.6 is 0 Å². The zero-order valence-electron chi connectivity index (χ0n) is 7.50. The summed E-state index contributed by atoms with van der Waals surface area (Å²) in [6.07, 6.45) is 1.10. The molecule has 0 atom stereocenters. The molecule has 0 aromatic heterocycles. The van der Waals surface area contributed by atoms with E-state index in [1.807, 2.05) is 0 Å². The standard InChI is InChI=1S/C5H14N2.C2H4O2/c1-7(2)5-3-4-6;1-2(3)4/h3-6H2,1-2H3;1H3,(H,3,4). The summed E-state index contributed by atoms with van der Waals surface area (Å²) in [5.74, 6) is -0.833. The topological polar surface area (TPSA) is 66.6 Å². The summed E-state index contributed by atoms with van der Waals surface area (Å²) in [7, 11) is 4.10. The van der Waals surface area contributed by atoms with Crippen molar-refractivity contribution in [2.45, 2.75) is 13.3 Å². The molecule has 0 aliphatic heterocycles. The highest BCUT2D eigenvalue weighted by Gasteiger charge is 1.83. The van der Waals surface area contributed by atoms with Crippen LogP contribution in [0.2, 0.25) is 0 Å². The molecule has 0 unspecified atom stereocenters. The van der Waals surface area contributed by atoms with Crippen molar-refractivity contribution in [3.8, 4) is 0 Å². The van der Waals surface area contributed by atoms with Gasteiger partial charge in [-0.05, 0) is 33.6 Å². The Bertz CT molecular complexity index is 90.4. The van der Waals surface area contributed by atoms with Gasteiger partial charge in [-0.15, -0.1) is 0 Å². The Labute approximate surface area is 68.0 Å². The molecule has 0 amide bonds. The molecule has 0 heterocycles. The van der Waals surface area contributed by atoms with Gasteiger partial charge in [0.1, 0.15) is 0 Å². The predicted molar refractivity (Wildman–Crippen MR) is 45.5 cm³/mol. The van der Waals surface area contributed by atoms with Crippen molar-refractivity contribution >= 4 is 5.97 Å². The SMILES string of the molecule is CC(=O)O.CN(C)CCCN. The van der Waals surface area contributed by atoms with Crippen LogP contribution in [0.1, 0.15) is 13.3 Å². The third-order valence-corrected chi connectivity index (χ3v) is 0.809. The summed E-state index contributed by atoms with van der Waals surface area (Å²) >= 11 is 0. The molecule has 0 rings (SSSR count). The minimum absolute atomic E-state index is 0.804. The molecule has 0 saturated carbocycles. The first-order chi connectivity index (χ1) is 5.00. The molecule has 4 heteroatoms. The van der Waals surface area contributed by atoms with Gasteiger partial charge in [-0.3, -0.25) is 4.79 Å². The van der Waals surface area contributed by atoms with Gasteiger partial charge in [-0.2, -0.15) is 0 Å². The van der Waals surface area contributed by atoms with Crippen LogP contribution in [0.5, 0.6) is 0 Å². The number of hydrogen-bond acceptors (Lipinski definition) is 3. The quantitative estimate of drug-likeness (QED) is 0.612. The average molecular weight is 162 g/mol. The van der Waals surface area contributed by atoms with Gasteiger partial charge in [-0.1, -0.05) is 0 Å². The highest BCUT2D eigenvalue weighted by atomic mass is 16.4. The molecule has 4 nitrogen and oxygen atoms in total. The Kier molecular flexibility index (Phi) is 11.1. The number of aliphatic carboxylic acids is 1. The monoisotopic (exact) mass is 162 g/mol. The first-order valence-electron chi connectivity index (χ1n) is 3.55. The lowest BCUT2D eigenvalue weighted by Gasteiger charge is -2.05. The average Bonchev–Trinajstić information content (AvgIpc) is 1.82. The molecule has 0 spiro atoms. The number of nitrogens with two attached hydrogens (primary N) is 1. The number of rotatable bonds is 3. The first-order valence-corrected chi connectivity index (χ1v) is 3.55. The van der Waals surface area contributed by atoms with Crippen LogP contribution in [0.25, 0.3) is 0 Å². The van der Waals surface area contributed by atoms with Gasteiger partial charge >= 0.3 is 0 Å². The van der Waals surface area contributed by atoms with E-state index in [2.05, 4.69) is 19.0 Å². The molecule has 11 heavy (non-hydrogen) atoms. The molecule has 68 valence electrons. The second-order valence-corrected chi connectivity index (χ2v) is 2.46. The molecule has 0 aliphatic carbocycles. The van der Waals surface area contributed by atoms with Crippen molar-refractivity contribution in [2.75, 3.05) is 27.2 Å². The second kappa shape index (κ2) is 9.39. The van der Waals surface area contributed by atoms with Crippen LogP contribution in [-0.4, -0.2) is 43.2 Å². The summed E-state index contributed by atoms with van der Waals surface area (Å²) < 4.78 is 0. The Balaban J connectivity index is 0. The van der Waals surface area contributed by atoms with Crippen molar-refractivity contribution in [3.63, 3.8) is 0 Å². The van der Waals surface area contributed by atoms with E-state index in [0.717, 1.165) is 26.4 Å².